The van der Waals surface area contributed by atoms with Gasteiger partial charge in [-0.15, -0.1) is 0 Å². The minimum Gasteiger partial charge on any atom is -0.495 e. The molecule has 3 N–H and O–H groups in total. The molecule has 1 heterocycles. The zero-order valence-electron chi connectivity index (χ0n) is 13.5. The van der Waals surface area contributed by atoms with E-state index in [9.17, 15) is 9.18 Å². The third-order valence-corrected chi connectivity index (χ3v) is 4.03. The van der Waals surface area contributed by atoms with Crippen LogP contribution in [0.2, 0.25) is 0 Å². The van der Waals surface area contributed by atoms with Gasteiger partial charge in [-0.05, 0) is 42.3 Å². The minimum atomic E-state index is -0.334. The van der Waals surface area contributed by atoms with Gasteiger partial charge in [0.25, 0.3) is 0 Å². The second-order valence-electron chi connectivity index (χ2n) is 5.59. The molecule has 3 rings (SSSR count). The van der Waals surface area contributed by atoms with E-state index in [4.69, 9.17) is 4.74 Å². The van der Waals surface area contributed by atoms with Gasteiger partial charge in [-0.25, -0.2) is 4.39 Å². The summed E-state index contributed by atoms with van der Waals surface area (Å²) in [4.78, 5) is 12.1. The molecule has 0 aliphatic carbocycles. The summed E-state index contributed by atoms with van der Waals surface area (Å²) in [5, 5.41) is 8.83. The number of carbonyl (C=O) groups is 1. The van der Waals surface area contributed by atoms with Crippen LogP contribution in [0.5, 0.6) is 5.75 Å². The van der Waals surface area contributed by atoms with Crippen LogP contribution in [0, 0.1) is 5.82 Å². The molecule has 6 heteroatoms. The van der Waals surface area contributed by atoms with Gasteiger partial charge in [-0.1, -0.05) is 18.2 Å². The topological polar surface area (TPSA) is 62.4 Å². The van der Waals surface area contributed by atoms with E-state index >= 15 is 0 Å². The predicted molar refractivity (Wildman–Crippen MR) is 91.9 cm³/mol. The fourth-order valence-corrected chi connectivity index (χ4v) is 2.79. The SMILES string of the molecule is COc1ccccc1NCC(=O)Nc1ccc2c(c1F)CCNC2. The van der Waals surface area contributed by atoms with E-state index in [1.807, 2.05) is 24.3 Å². The van der Waals surface area contributed by atoms with E-state index in [1.165, 1.54) is 0 Å². The largest absolute Gasteiger partial charge is 0.495 e. The fourth-order valence-electron chi connectivity index (χ4n) is 2.79. The van der Waals surface area contributed by atoms with Crippen molar-refractivity contribution in [2.75, 3.05) is 30.8 Å². The summed E-state index contributed by atoms with van der Waals surface area (Å²) >= 11 is 0. The van der Waals surface area contributed by atoms with Crippen molar-refractivity contribution in [3.05, 3.63) is 53.3 Å². The molecule has 1 aliphatic heterocycles. The second-order valence-corrected chi connectivity index (χ2v) is 5.59. The Kier molecular flexibility index (Phi) is 4.96. The molecule has 2 aromatic carbocycles. The van der Waals surface area contributed by atoms with Crippen LogP contribution in [0.3, 0.4) is 0 Å². The van der Waals surface area contributed by atoms with Crippen LogP contribution in [-0.4, -0.2) is 26.1 Å². The first-order valence-corrected chi connectivity index (χ1v) is 7.86. The number of halogens is 1. The highest BCUT2D eigenvalue weighted by Crippen LogP contribution is 2.25. The average molecular weight is 329 g/mol. The Morgan fingerprint density at radius 3 is 2.92 bits per heavy atom. The highest BCUT2D eigenvalue weighted by atomic mass is 19.1. The molecular weight excluding hydrogens is 309 g/mol. The monoisotopic (exact) mass is 329 g/mol. The zero-order chi connectivity index (χ0) is 16.9. The Hall–Kier alpha value is -2.60. The number of rotatable bonds is 5. The number of methoxy groups -OCH3 is 1. The van der Waals surface area contributed by atoms with E-state index in [0.29, 0.717) is 30.0 Å². The smallest absolute Gasteiger partial charge is 0.243 e. The maximum Gasteiger partial charge on any atom is 0.243 e. The average Bonchev–Trinajstić information content (AvgIpc) is 2.63. The summed E-state index contributed by atoms with van der Waals surface area (Å²) in [5.41, 5.74) is 2.57. The number of nitrogens with one attached hydrogen (secondary N) is 3. The van der Waals surface area contributed by atoms with E-state index in [1.54, 1.807) is 19.2 Å². The number of fused-ring (bicyclic) bond motifs is 1. The predicted octanol–water partition coefficient (Wildman–Crippen LogP) is 2.53. The highest BCUT2D eigenvalue weighted by molar-refractivity contribution is 5.94. The normalized spacial score (nSPS) is 13.1. The Bertz CT molecular complexity index is 749. The molecule has 0 unspecified atom stereocenters. The molecule has 0 saturated carbocycles. The molecule has 0 atom stereocenters. The van der Waals surface area contributed by atoms with Crippen LogP contribution in [0.1, 0.15) is 11.1 Å². The zero-order valence-corrected chi connectivity index (χ0v) is 13.5. The van der Waals surface area contributed by atoms with Gasteiger partial charge in [-0.3, -0.25) is 4.79 Å². The van der Waals surface area contributed by atoms with Crippen LogP contribution < -0.4 is 20.7 Å². The molecule has 0 fully saturated rings. The molecule has 0 radical (unpaired) electrons. The standard InChI is InChI=1S/C18H20FN3O2/c1-24-16-5-3-2-4-14(16)21-11-17(23)22-15-7-6-12-10-20-9-8-13(12)18(15)19/h2-7,20-21H,8-11H2,1H3,(H,22,23). The van der Waals surface area contributed by atoms with E-state index in [-0.39, 0.29) is 24.0 Å². The summed E-state index contributed by atoms with van der Waals surface area (Å²) in [7, 11) is 1.57. The Labute approximate surface area is 140 Å². The molecule has 1 aliphatic rings. The molecule has 5 nitrogen and oxygen atoms in total. The van der Waals surface area contributed by atoms with Crippen LogP contribution in [0.25, 0.3) is 0 Å². The second kappa shape index (κ2) is 7.31. The lowest BCUT2D eigenvalue weighted by molar-refractivity contribution is -0.114. The summed E-state index contributed by atoms with van der Waals surface area (Å²) < 4.78 is 19.7. The van der Waals surface area contributed by atoms with Crippen molar-refractivity contribution in [2.45, 2.75) is 13.0 Å². The Morgan fingerprint density at radius 1 is 1.25 bits per heavy atom. The lowest BCUT2D eigenvalue weighted by Gasteiger charge is -2.19. The van der Waals surface area contributed by atoms with Crippen molar-refractivity contribution in [1.29, 1.82) is 0 Å². The molecule has 0 bridgehead atoms. The molecule has 0 saturated heterocycles. The maximum absolute atomic E-state index is 14.5. The van der Waals surface area contributed by atoms with Gasteiger partial charge in [0, 0.05) is 6.54 Å². The van der Waals surface area contributed by atoms with Gasteiger partial charge in [0.15, 0.2) is 0 Å². The van der Waals surface area contributed by atoms with Gasteiger partial charge in [-0.2, -0.15) is 0 Å². The number of carbonyl (C=O) groups excluding carboxylic acids is 1. The number of benzene rings is 2. The third kappa shape index (κ3) is 3.49. The fraction of sp³-hybridized carbons (Fsp3) is 0.278. The first-order valence-electron chi connectivity index (χ1n) is 7.86. The highest BCUT2D eigenvalue weighted by Gasteiger charge is 2.17. The summed E-state index contributed by atoms with van der Waals surface area (Å²) in [5.74, 6) is 0.00564. The van der Waals surface area contributed by atoms with E-state index < -0.39 is 0 Å². The third-order valence-electron chi connectivity index (χ3n) is 4.03. The van der Waals surface area contributed by atoms with Crippen molar-refractivity contribution in [1.82, 2.24) is 5.32 Å². The number of hydrogen-bond acceptors (Lipinski definition) is 4. The Morgan fingerprint density at radius 2 is 2.08 bits per heavy atom. The van der Waals surface area contributed by atoms with Gasteiger partial charge >= 0.3 is 0 Å². The number of hydrogen-bond donors (Lipinski definition) is 3. The minimum absolute atomic E-state index is 0.0262. The molecular formula is C18H20FN3O2. The van der Waals surface area contributed by atoms with E-state index in [2.05, 4.69) is 16.0 Å². The molecule has 1 amide bonds. The van der Waals surface area contributed by atoms with Crippen molar-refractivity contribution in [2.24, 2.45) is 0 Å². The first-order chi connectivity index (χ1) is 11.7. The van der Waals surface area contributed by atoms with Crippen molar-refractivity contribution in [3.8, 4) is 5.75 Å². The maximum atomic E-state index is 14.5. The lowest BCUT2D eigenvalue weighted by Crippen LogP contribution is -2.26. The number of anilines is 2. The van der Waals surface area contributed by atoms with E-state index in [0.717, 1.165) is 12.1 Å². The molecule has 0 aromatic heterocycles. The van der Waals surface area contributed by atoms with Crippen LogP contribution in [0.4, 0.5) is 15.8 Å². The number of amides is 1. The Balaban J connectivity index is 1.65. The molecule has 2 aromatic rings. The molecule has 126 valence electrons. The summed E-state index contributed by atoms with van der Waals surface area (Å²) in [6, 6.07) is 10.8. The van der Waals surface area contributed by atoms with Crippen molar-refractivity contribution in [3.63, 3.8) is 0 Å². The summed E-state index contributed by atoms with van der Waals surface area (Å²) in [6.45, 7) is 1.44. The molecule has 24 heavy (non-hydrogen) atoms. The van der Waals surface area contributed by atoms with Crippen LogP contribution >= 0.6 is 0 Å². The number of ether oxygens (including phenoxy) is 1. The van der Waals surface area contributed by atoms with Gasteiger partial charge in [0.05, 0.1) is 25.0 Å². The lowest BCUT2D eigenvalue weighted by atomic mass is 9.99. The van der Waals surface area contributed by atoms with Gasteiger partial charge < -0.3 is 20.7 Å². The quantitative estimate of drug-likeness (QED) is 0.789. The van der Waals surface area contributed by atoms with Crippen molar-refractivity contribution < 1.29 is 13.9 Å². The summed E-state index contributed by atoms with van der Waals surface area (Å²) in [6.07, 6.45) is 0.629. The van der Waals surface area contributed by atoms with Crippen molar-refractivity contribution >= 4 is 17.3 Å². The van der Waals surface area contributed by atoms with Gasteiger partial charge in [0.1, 0.15) is 11.6 Å². The van der Waals surface area contributed by atoms with Gasteiger partial charge in [0.2, 0.25) is 5.91 Å². The first kappa shape index (κ1) is 16.3. The van der Waals surface area contributed by atoms with Crippen LogP contribution in [-0.2, 0) is 17.8 Å². The molecule has 0 spiro atoms. The van der Waals surface area contributed by atoms with Crippen LogP contribution in [0.15, 0.2) is 36.4 Å². The number of para-hydroxylation sites is 2.